The molecule has 3 heteroatoms. The van der Waals surface area contributed by atoms with Gasteiger partial charge in [-0.2, -0.15) is 0 Å². The van der Waals surface area contributed by atoms with Crippen molar-refractivity contribution in [1.29, 1.82) is 0 Å². The van der Waals surface area contributed by atoms with Crippen LogP contribution in [0.1, 0.15) is 71.1 Å². The lowest BCUT2D eigenvalue weighted by atomic mass is 10.1. The molecule has 0 bridgehead atoms. The van der Waals surface area contributed by atoms with Gasteiger partial charge < -0.3 is 10.1 Å². The van der Waals surface area contributed by atoms with Crippen LogP contribution in [0.25, 0.3) is 10.9 Å². The zero-order chi connectivity index (χ0) is 18.3. The summed E-state index contributed by atoms with van der Waals surface area (Å²) in [5, 5.41) is 4.76. The Balaban J connectivity index is 1.43. The third kappa shape index (κ3) is 8.18. The van der Waals surface area contributed by atoms with Crippen molar-refractivity contribution in [3.8, 4) is 0 Å². The molecule has 144 valence electrons. The Morgan fingerprint density at radius 2 is 1.50 bits per heavy atom. The molecule has 0 atom stereocenters. The van der Waals surface area contributed by atoms with Crippen LogP contribution in [-0.2, 0) is 4.74 Å². The largest absolute Gasteiger partial charge is 0.384 e. The first-order valence-electron chi connectivity index (χ1n) is 10.6. The Hall–Kier alpha value is -1.61. The number of anilines is 1. The lowest BCUT2D eigenvalue weighted by Gasteiger charge is -2.09. The maximum Gasteiger partial charge on any atom is 0.0722 e. The van der Waals surface area contributed by atoms with E-state index in [0.717, 1.165) is 25.3 Å². The lowest BCUT2D eigenvalue weighted by Crippen LogP contribution is -2.03. The molecular weight excluding hydrogens is 320 g/mol. The Kier molecular flexibility index (Phi) is 10.8. The van der Waals surface area contributed by atoms with Gasteiger partial charge in [-0.25, -0.2) is 0 Å². The summed E-state index contributed by atoms with van der Waals surface area (Å²) in [4.78, 5) is 4.41. The molecule has 1 heterocycles. The number of nitrogens with zero attached hydrogens (tertiary/aromatic N) is 1. The highest BCUT2D eigenvalue weighted by molar-refractivity contribution is 5.90. The molecule has 0 spiro atoms. The molecule has 2 rings (SSSR count). The Bertz CT molecular complexity index is 594. The molecule has 0 amide bonds. The van der Waals surface area contributed by atoms with Crippen LogP contribution in [0.3, 0.4) is 0 Å². The van der Waals surface area contributed by atoms with Crippen molar-refractivity contribution in [1.82, 2.24) is 4.98 Å². The third-order valence-corrected chi connectivity index (χ3v) is 4.82. The molecule has 0 fully saturated rings. The van der Waals surface area contributed by atoms with Crippen LogP contribution in [0, 0.1) is 0 Å². The summed E-state index contributed by atoms with van der Waals surface area (Å²) in [6.07, 6.45) is 14.8. The van der Waals surface area contributed by atoms with Crippen LogP contribution in [0.2, 0.25) is 0 Å². The Labute approximate surface area is 159 Å². The number of pyridine rings is 1. The average molecular weight is 357 g/mol. The molecule has 26 heavy (non-hydrogen) atoms. The second kappa shape index (κ2) is 13.6. The first kappa shape index (κ1) is 20.7. The highest BCUT2D eigenvalue weighted by Gasteiger charge is 2.00. The van der Waals surface area contributed by atoms with Crippen molar-refractivity contribution in [2.45, 2.75) is 71.1 Å². The van der Waals surface area contributed by atoms with E-state index in [2.05, 4.69) is 41.5 Å². The number of nitrogens with one attached hydrogen (secondary N) is 1. The van der Waals surface area contributed by atoms with Crippen molar-refractivity contribution >= 4 is 16.6 Å². The number of aromatic nitrogens is 1. The van der Waals surface area contributed by atoms with Gasteiger partial charge in [-0.15, -0.1) is 0 Å². The zero-order valence-corrected chi connectivity index (χ0v) is 16.5. The van der Waals surface area contributed by atoms with E-state index in [1.807, 2.05) is 12.3 Å². The molecule has 0 aliphatic heterocycles. The SMILES string of the molecule is CCCCCCCCOCCCCCCNc1ccnc2ccccc12. The number of hydrogen-bond donors (Lipinski definition) is 1. The highest BCUT2D eigenvalue weighted by atomic mass is 16.5. The van der Waals surface area contributed by atoms with E-state index >= 15 is 0 Å². The van der Waals surface area contributed by atoms with Crippen LogP contribution in [0.5, 0.6) is 0 Å². The van der Waals surface area contributed by atoms with Crippen molar-refractivity contribution in [2.24, 2.45) is 0 Å². The Morgan fingerprint density at radius 1 is 0.808 bits per heavy atom. The third-order valence-electron chi connectivity index (χ3n) is 4.82. The fourth-order valence-electron chi connectivity index (χ4n) is 3.24. The van der Waals surface area contributed by atoms with Gasteiger partial charge in [0.05, 0.1) is 5.52 Å². The molecule has 1 aromatic carbocycles. The summed E-state index contributed by atoms with van der Waals surface area (Å²) < 4.78 is 5.74. The first-order chi connectivity index (χ1) is 12.9. The summed E-state index contributed by atoms with van der Waals surface area (Å²) in [6.45, 7) is 5.16. The minimum absolute atomic E-state index is 0.928. The summed E-state index contributed by atoms with van der Waals surface area (Å²) in [5.74, 6) is 0. The normalized spacial score (nSPS) is 11.1. The van der Waals surface area contributed by atoms with E-state index in [1.165, 1.54) is 75.3 Å². The van der Waals surface area contributed by atoms with Crippen molar-refractivity contribution < 1.29 is 4.74 Å². The molecule has 1 aromatic heterocycles. The molecular formula is C23H36N2O. The van der Waals surface area contributed by atoms with Gasteiger partial charge in [0, 0.05) is 37.0 Å². The van der Waals surface area contributed by atoms with E-state index in [1.54, 1.807) is 0 Å². The van der Waals surface area contributed by atoms with Gasteiger partial charge in [0.15, 0.2) is 0 Å². The van der Waals surface area contributed by atoms with Crippen LogP contribution in [0.15, 0.2) is 36.5 Å². The van der Waals surface area contributed by atoms with Gasteiger partial charge in [-0.1, -0.05) is 70.1 Å². The van der Waals surface area contributed by atoms with Gasteiger partial charge in [-0.05, 0) is 31.4 Å². The van der Waals surface area contributed by atoms with Gasteiger partial charge in [-0.3, -0.25) is 4.98 Å². The van der Waals surface area contributed by atoms with Gasteiger partial charge >= 0.3 is 0 Å². The number of benzene rings is 1. The smallest absolute Gasteiger partial charge is 0.0722 e. The number of fused-ring (bicyclic) bond motifs is 1. The van der Waals surface area contributed by atoms with Crippen LogP contribution in [-0.4, -0.2) is 24.7 Å². The molecule has 0 radical (unpaired) electrons. The number of unbranched alkanes of at least 4 members (excludes halogenated alkanes) is 8. The van der Waals surface area contributed by atoms with Gasteiger partial charge in [0.25, 0.3) is 0 Å². The first-order valence-corrected chi connectivity index (χ1v) is 10.6. The summed E-state index contributed by atoms with van der Waals surface area (Å²) >= 11 is 0. The van der Waals surface area contributed by atoms with Crippen LogP contribution < -0.4 is 5.32 Å². The predicted octanol–water partition coefficient (Wildman–Crippen LogP) is 6.58. The summed E-state index contributed by atoms with van der Waals surface area (Å²) in [6, 6.07) is 10.4. The predicted molar refractivity (Wildman–Crippen MR) is 113 cm³/mol. The molecule has 1 N–H and O–H groups in total. The molecule has 0 unspecified atom stereocenters. The monoisotopic (exact) mass is 356 g/mol. The zero-order valence-electron chi connectivity index (χ0n) is 16.5. The topological polar surface area (TPSA) is 34.1 Å². The van der Waals surface area contributed by atoms with E-state index in [9.17, 15) is 0 Å². The summed E-state index contributed by atoms with van der Waals surface area (Å²) in [7, 11) is 0. The van der Waals surface area contributed by atoms with E-state index in [4.69, 9.17) is 4.74 Å². The molecule has 0 aliphatic carbocycles. The van der Waals surface area contributed by atoms with Gasteiger partial charge in [0.2, 0.25) is 0 Å². The molecule has 3 nitrogen and oxygen atoms in total. The number of ether oxygens (including phenoxy) is 1. The molecule has 2 aromatic rings. The highest BCUT2D eigenvalue weighted by Crippen LogP contribution is 2.20. The second-order valence-corrected chi connectivity index (χ2v) is 7.10. The van der Waals surface area contributed by atoms with E-state index < -0.39 is 0 Å². The fourth-order valence-corrected chi connectivity index (χ4v) is 3.24. The minimum atomic E-state index is 0.928. The Morgan fingerprint density at radius 3 is 2.31 bits per heavy atom. The van der Waals surface area contributed by atoms with Crippen molar-refractivity contribution in [3.05, 3.63) is 36.5 Å². The number of hydrogen-bond acceptors (Lipinski definition) is 3. The number of para-hydroxylation sites is 1. The molecule has 0 aliphatic rings. The van der Waals surface area contributed by atoms with Crippen LogP contribution in [0.4, 0.5) is 5.69 Å². The van der Waals surface area contributed by atoms with Crippen LogP contribution >= 0.6 is 0 Å². The molecule has 0 saturated carbocycles. The second-order valence-electron chi connectivity index (χ2n) is 7.10. The van der Waals surface area contributed by atoms with Crippen molar-refractivity contribution in [2.75, 3.05) is 25.1 Å². The summed E-state index contributed by atoms with van der Waals surface area (Å²) in [5.41, 5.74) is 2.25. The maximum atomic E-state index is 5.74. The van der Waals surface area contributed by atoms with Gasteiger partial charge in [0.1, 0.15) is 0 Å². The standard InChI is InChI=1S/C23H36N2O/c1-2-3-4-5-7-12-19-26-20-13-8-6-11-17-24-23-16-18-25-22-15-10-9-14-21(22)23/h9-10,14-16,18H,2-8,11-13,17,19-20H2,1H3,(H,24,25). The minimum Gasteiger partial charge on any atom is -0.384 e. The fraction of sp³-hybridized carbons (Fsp3) is 0.609. The van der Waals surface area contributed by atoms with Crippen molar-refractivity contribution in [3.63, 3.8) is 0 Å². The average Bonchev–Trinajstić information content (AvgIpc) is 2.68. The number of rotatable bonds is 15. The molecule has 0 saturated heterocycles. The maximum absolute atomic E-state index is 5.74. The van der Waals surface area contributed by atoms with E-state index in [-0.39, 0.29) is 0 Å². The quantitative estimate of drug-likeness (QED) is 0.366. The van der Waals surface area contributed by atoms with E-state index in [0.29, 0.717) is 0 Å². The lowest BCUT2D eigenvalue weighted by molar-refractivity contribution is 0.125.